The molecule has 1 N–H and O–H groups in total. The first kappa shape index (κ1) is 6.25. The quantitative estimate of drug-likeness (QED) is 0.587. The van der Waals surface area contributed by atoms with Gasteiger partial charge in [-0.05, 0) is 0 Å². The molecular formula is C2H3O3Sb. The van der Waals surface area contributed by atoms with Gasteiger partial charge in [-0.15, -0.1) is 0 Å². The molecule has 0 unspecified atom stereocenters. The second-order valence-electron chi connectivity index (χ2n) is 0.667. The Morgan fingerprint density at radius 3 is 2.50 bits per heavy atom. The molecule has 0 heterocycles. The molecular weight excluding hydrogens is 194 g/mol. The number of rotatable bonds is 2. The summed E-state index contributed by atoms with van der Waals surface area (Å²) in [6, 6.07) is 0. The average Bonchev–Trinajstić information content (AvgIpc) is 1.35. The molecule has 0 amide bonds. The van der Waals surface area contributed by atoms with Crippen molar-refractivity contribution in [3.63, 3.8) is 0 Å². The molecule has 0 aromatic carbocycles. The number of carboxylic acid groups (broad SMARTS) is 1. The summed E-state index contributed by atoms with van der Waals surface area (Å²) < 4.78 is 4.25. The van der Waals surface area contributed by atoms with Crippen molar-refractivity contribution in [2.75, 3.05) is 6.61 Å². The van der Waals surface area contributed by atoms with Gasteiger partial charge in [-0.2, -0.15) is 0 Å². The summed E-state index contributed by atoms with van der Waals surface area (Å²) in [4.78, 5) is 9.48. The van der Waals surface area contributed by atoms with E-state index in [1.807, 2.05) is 0 Å². The molecule has 4 heteroatoms. The van der Waals surface area contributed by atoms with Gasteiger partial charge in [0.1, 0.15) is 0 Å². The van der Waals surface area contributed by atoms with E-state index in [4.69, 9.17) is 5.11 Å². The Balaban J connectivity index is 2.83. The second kappa shape index (κ2) is 3.44. The molecule has 3 nitrogen and oxygen atoms in total. The summed E-state index contributed by atoms with van der Waals surface area (Å²) in [6.45, 7) is -0.186. The Labute approximate surface area is 49.3 Å². The monoisotopic (exact) mass is 196 g/mol. The molecule has 6 heavy (non-hydrogen) atoms. The minimum absolute atomic E-state index is 0.186. The standard InChI is InChI=1S/C2H3O3.Sb/c3-1-2(4)5;/h1H2,(H,4,5);/q-1;+1. The third-order valence-electron chi connectivity index (χ3n) is 0.188. The summed E-state index contributed by atoms with van der Waals surface area (Å²) in [5.41, 5.74) is 0. The predicted octanol–water partition coefficient (Wildman–Crippen LogP) is -0.829. The molecule has 0 aromatic heterocycles. The van der Waals surface area contributed by atoms with Crippen LogP contribution in [-0.4, -0.2) is 41.1 Å². The topological polar surface area (TPSA) is 46.5 Å². The van der Waals surface area contributed by atoms with Crippen LogP contribution in [-0.2, 0) is 7.81 Å². The Morgan fingerprint density at radius 2 is 2.50 bits per heavy atom. The normalized spacial score (nSPS) is 8.17. The zero-order valence-electron chi connectivity index (χ0n) is 2.92. The van der Waals surface area contributed by atoms with Crippen molar-refractivity contribution in [2.45, 2.75) is 0 Å². The Morgan fingerprint density at radius 1 is 2.00 bits per heavy atom. The van der Waals surface area contributed by atoms with Gasteiger partial charge in [0.15, 0.2) is 0 Å². The first-order chi connectivity index (χ1) is 2.77. The predicted molar refractivity (Wildman–Crippen MR) is 19.3 cm³/mol. The first-order valence-corrected chi connectivity index (χ1v) is 2.29. The van der Waals surface area contributed by atoms with Crippen LogP contribution in [0.15, 0.2) is 0 Å². The van der Waals surface area contributed by atoms with Crippen LogP contribution in [0.1, 0.15) is 0 Å². The van der Waals surface area contributed by atoms with Crippen LogP contribution >= 0.6 is 0 Å². The fourth-order valence-corrected chi connectivity index (χ4v) is 0.370. The van der Waals surface area contributed by atoms with Crippen LogP contribution in [0, 0.1) is 0 Å². The SMILES string of the molecule is O=C(O)C[O][Sb]. The Hall–Kier alpha value is 0.248. The molecule has 0 saturated carbocycles. The number of hydrogen-bond donors (Lipinski definition) is 1. The summed E-state index contributed by atoms with van der Waals surface area (Å²) in [6.07, 6.45) is 0. The molecule has 0 atom stereocenters. The fourth-order valence-electron chi connectivity index (χ4n) is 0.0552. The van der Waals surface area contributed by atoms with Crippen molar-refractivity contribution in [1.82, 2.24) is 0 Å². The summed E-state index contributed by atoms with van der Waals surface area (Å²) in [7, 11) is 0. The number of hydrogen-bond acceptors (Lipinski definition) is 2. The van der Waals surface area contributed by atoms with Gasteiger partial charge in [0.2, 0.25) is 0 Å². The van der Waals surface area contributed by atoms with Gasteiger partial charge >= 0.3 is 48.9 Å². The summed E-state index contributed by atoms with van der Waals surface area (Å²) in [5, 5.41) is 7.80. The Kier molecular flexibility index (Phi) is 3.58. The van der Waals surface area contributed by atoms with Crippen molar-refractivity contribution in [2.24, 2.45) is 0 Å². The molecule has 0 aromatic rings. The molecule has 0 saturated heterocycles. The van der Waals surface area contributed by atoms with Crippen LogP contribution in [0.2, 0.25) is 0 Å². The summed E-state index contributed by atoms with van der Waals surface area (Å²) in [5.74, 6) is -0.920. The van der Waals surface area contributed by atoms with Crippen LogP contribution in [0.3, 0.4) is 0 Å². The molecule has 34 valence electrons. The van der Waals surface area contributed by atoms with Crippen molar-refractivity contribution in [1.29, 1.82) is 0 Å². The number of carbonyl (C=O) groups is 1. The fraction of sp³-hybridized carbons (Fsp3) is 0.500. The van der Waals surface area contributed by atoms with E-state index in [-0.39, 0.29) is 6.61 Å². The maximum absolute atomic E-state index is 9.48. The minimum atomic E-state index is -0.920. The molecule has 0 aliphatic heterocycles. The maximum atomic E-state index is 9.48. The molecule has 0 aliphatic rings. The third-order valence-corrected chi connectivity index (χ3v) is 0.556. The van der Waals surface area contributed by atoms with Gasteiger partial charge < -0.3 is 0 Å². The van der Waals surface area contributed by atoms with E-state index in [1.165, 1.54) is 0 Å². The zero-order valence-corrected chi connectivity index (χ0v) is 5.47. The average molecular weight is 197 g/mol. The van der Waals surface area contributed by atoms with Crippen molar-refractivity contribution < 1.29 is 12.9 Å². The van der Waals surface area contributed by atoms with E-state index in [9.17, 15) is 4.79 Å². The van der Waals surface area contributed by atoms with Gasteiger partial charge in [0, 0.05) is 0 Å². The van der Waals surface area contributed by atoms with Gasteiger partial charge in [-0.3, -0.25) is 0 Å². The third kappa shape index (κ3) is 4.25. The molecule has 0 fully saturated rings. The molecule has 0 aliphatic carbocycles. The van der Waals surface area contributed by atoms with E-state index in [1.54, 1.807) is 0 Å². The van der Waals surface area contributed by atoms with Gasteiger partial charge in [-0.1, -0.05) is 0 Å². The van der Waals surface area contributed by atoms with Crippen molar-refractivity contribution in [3.05, 3.63) is 0 Å². The number of aliphatic carboxylic acids is 1. The van der Waals surface area contributed by atoms with Gasteiger partial charge in [0.05, 0.1) is 0 Å². The van der Waals surface area contributed by atoms with Crippen LogP contribution < -0.4 is 0 Å². The zero-order chi connectivity index (χ0) is 4.99. The van der Waals surface area contributed by atoms with E-state index in [2.05, 4.69) is 3.02 Å². The van der Waals surface area contributed by atoms with E-state index >= 15 is 0 Å². The molecule has 2 radical (unpaired) electrons. The summed E-state index contributed by atoms with van der Waals surface area (Å²) >= 11 is 1.04. The van der Waals surface area contributed by atoms with E-state index in [0.717, 1.165) is 23.4 Å². The van der Waals surface area contributed by atoms with E-state index in [0.29, 0.717) is 0 Å². The Bertz CT molecular complexity index is 52.8. The molecule has 0 bridgehead atoms. The van der Waals surface area contributed by atoms with Gasteiger partial charge in [-0.25, -0.2) is 0 Å². The molecule has 0 spiro atoms. The molecule has 0 rings (SSSR count). The van der Waals surface area contributed by atoms with Crippen LogP contribution in [0.25, 0.3) is 0 Å². The number of carboxylic acids is 1. The van der Waals surface area contributed by atoms with Crippen LogP contribution in [0.5, 0.6) is 0 Å². The van der Waals surface area contributed by atoms with Crippen LogP contribution in [0.4, 0.5) is 0 Å². The van der Waals surface area contributed by atoms with Crippen molar-refractivity contribution >= 4 is 29.4 Å². The first-order valence-electron chi connectivity index (χ1n) is 1.25. The second-order valence-corrected chi connectivity index (χ2v) is 1.40. The van der Waals surface area contributed by atoms with Gasteiger partial charge in [0.25, 0.3) is 0 Å². The van der Waals surface area contributed by atoms with E-state index < -0.39 is 5.97 Å². The van der Waals surface area contributed by atoms with Crippen molar-refractivity contribution in [3.8, 4) is 0 Å².